The maximum atomic E-state index is 13.4. The number of halogens is 2. The molecule has 0 saturated heterocycles. The Labute approximate surface area is 173 Å². The number of ketones is 1. The van der Waals surface area contributed by atoms with Gasteiger partial charge < -0.3 is 14.8 Å². The van der Waals surface area contributed by atoms with Gasteiger partial charge in [0.05, 0.1) is 17.7 Å². The molecule has 0 aromatic heterocycles. The van der Waals surface area contributed by atoms with Crippen LogP contribution in [0.25, 0.3) is 0 Å². The van der Waals surface area contributed by atoms with E-state index in [4.69, 9.17) is 21.1 Å². The van der Waals surface area contributed by atoms with Gasteiger partial charge in [0.1, 0.15) is 17.3 Å². The van der Waals surface area contributed by atoms with Crippen molar-refractivity contribution in [1.82, 2.24) is 5.32 Å². The zero-order valence-corrected chi connectivity index (χ0v) is 16.7. The highest BCUT2D eigenvalue weighted by Gasteiger charge is 2.68. The molecule has 2 aromatic carbocycles. The van der Waals surface area contributed by atoms with Crippen molar-refractivity contribution in [3.8, 4) is 11.5 Å². The summed E-state index contributed by atoms with van der Waals surface area (Å²) in [6.07, 6.45) is 2.79. The molecule has 5 rings (SSSR count). The van der Waals surface area contributed by atoms with E-state index in [2.05, 4.69) is 5.32 Å². The van der Waals surface area contributed by atoms with Crippen LogP contribution in [0.3, 0.4) is 0 Å². The molecule has 0 atom stereocenters. The minimum atomic E-state index is -0.592. The second-order valence-electron chi connectivity index (χ2n) is 8.02. The average Bonchev–Trinajstić information content (AvgIpc) is 2.66. The van der Waals surface area contributed by atoms with Crippen LogP contribution in [0.2, 0.25) is 5.02 Å². The number of para-hydroxylation sites is 1. The van der Waals surface area contributed by atoms with Crippen LogP contribution in [0, 0.1) is 11.2 Å². The number of benzene rings is 2. The maximum Gasteiger partial charge on any atom is 0.258 e. The number of methoxy groups -OCH3 is 1. The van der Waals surface area contributed by atoms with Crippen LogP contribution in [-0.2, 0) is 4.79 Å². The zero-order valence-electron chi connectivity index (χ0n) is 16.0. The second-order valence-corrected chi connectivity index (χ2v) is 8.43. The lowest BCUT2D eigenvalue weighted by atomic mass is 9.38. The number of hydrogen-bond donors (Lipinski definition) is 1. The van der Waals surface area contributed by atoms with E-state index in [1.165, 1.54) is 12.1 Å². The van der Waals surface area contributed by atoms with Crippen LogP contribution >= 0.6 is 11.6 Å². The first-order valence-corrected chi connectivity index (χ1v) is 9.77. The van der Waals surface area contributed by atoms with E-state index in [1.54, 1.807) is 19.2 Å². The molecule has 0 spiro atoms. The maximum absolute atomic E-state index is 13.4. The number of carbonyl (C=O) groups is 2. The first kappa shape index (κ1) is 19.7. The molecule has 0 radical (unpaired) electrons. The highest BCUT2D eigenvalue weighted by atomic mass is 35.5. The van der Waals surface area contributed by atoms with Gasteiger partial charge in [0.2, 0.25) is 0 Å². The van der Waals surface area contributed by atoms with Crippen molar-refractivity contribution in [2.24, 2.45) is 5.41 Å². The number of Topliss-reactive ketones (excluding diaryl/α,β-unsaturated/α-hetero) is 1. The largest absolute Gasteiger partial charge is 0.496 e. The van der Waals surface area contributed by atoms with E-state index in [0.717, 1.165) is 25.3 Å². The molecular formula is C22H21ClFNO4. The van der Waals surface area contributed by atoms with Crippen LogP contribution in [0.5, 0.6) is 11.5 Å². The summed E-state index contributed by atoms with van der Waals surface area (Å²) < 4.78 is 24.0. The smallest absolute Gasteiger partial charge is 0.258 e. The lowest BCUT2D eigenvalue weighted by molar-refractivity contribution is -0.164. The predicted octanol–water partition coefficient (Wildman–Crippen LogP) is 4.18. The van der Waals surface area contributed by atoms with Gasteiger partial charge in [0, 0.05) is 18.0 Å². The number of carbonyl (C=O) groups excluding carboxylic acids is 2. The molecule has 2 aromatic rings. The van der Waals surface area contributed by atoms with Gasteiger partial charge in [-0.2, -0.15) is 0 Å². The van der Waals surface area contributed by atoms with Crippen molar-refractivity contribution < 1.29 is 23.5 Å². The average molecular weight is 418 g/mol. The molecule has 29 heavy (non-hydrogen) atoms. The van der Waals surface area contributed by atoms with E-state index in [0.29, 0.717) is 17.7 Å². The summed E-state index contributed by atoms with van der Waals surface area (Å²) in [5, 5.41) is 3.00. The number of amides is 1. The lowest BCUT2D eigenvalue weighted by Crippen LogP contribution is -2.75. The molecule has 1 amide bonds. The van der Waals surface area contributed by atoms with E-state index in [-0.39, 0.29) is 40.0 Å². The number of rotatable bonds is 8. The third kappa shape index (κ3) is 3.81. The summed E-state index contributed by atoms with van der Waals surface area (Å²) in [6, 6.07) is 11.3. The van der Waals surface area contributed by atoms with E-state index in [1.807, 2.05) is 12.1 Å². The minimum Gasteiger partial charge on any atom is -0.496 e. The van der Waals surface area contributed by atoms with E-state index in [9.17, 15) is 14.0 Å². The van der Waals surface area contributed by atoms with Gasteiger partial charge >= 0.3 is 0 Å². The fraction of sp³-hybridized carbons (Fsp3) is 0.364. The highest BCUT2D eigenvalue weighted by molar-refractivity contribution is 6.30. The van der Waals surface area contributed by atoms with Crippen molar-refractivity contribution in [2.45, 2.75) is 31.2 Å². The first-order valence-electron chi connectivity index (χ1n) is 9.39. The summed E-state index contributed by atoms with van der Waals surface area (Å²) in [5.74, 6) is 0.0481. The van der Waals surface area contributed by atoms with Crippen molar-refractivity contribution in [3.63, 3.8) is 0 Å². The van der Waals surface area contributed by atoms with Crippen LogP contribution in [0.1, 0.15) is 36.0 Å². The van der Waals surface area contributed by atoms with Crippen LogP contribution in [0.15, 0.2) is 42.5 Å². The van der Waals surface area contributed by atoms with Crippen LogP contribution in [-0.4, -0.2) is 30.9 Å². The molecule has 0 aliphatic heterocycles. The molecule has 3 aliphatic carbocycles. The summed E-state index contributed by atoms with van der Waals surface area (Å²) in [6.45, 7) is -0.198. The molecule has 0 unspecified atom stereocenters. The van der Waals surface area contributed by atoms with Gasteiger partial charge in [-0.15, -0.1) is 0 Å². The van der Waals surface area contributed by atoms with Gasteiger partial charge in [0.25, 0.3) is 5.91 Å². The summed E-state index contributed by atoms with van der Waals surface area (Å²) >= 11 is 5.63. The van der Waals surface area contributed by atoms with Gasteiger partial charge in [-0.05, 0) is 48.9 Å². The Balaban J connectivity index is 1.26. The minimum absolute atomic E-state index is 0.00337. The van der Waals surface area contributed by atoms with E-state index >= 15 is 0 Å². The van der Waals surface area contributed by atoms with Crippen molar-refractivity contribution in [1.29, 1.82) is 0 Å². The first-order chi connectivity index (χ1) is 13.8. The second kappa shape index (κ2) is 7.34. The monoisotopic (exact) mass is 417 g/mol. The number of hydrogen-bond acceptors (Lipinski definition) is 4. The molecule has 5 nitrogen and oxygen atoms in total. The Hall–Kier alpha value is -2.60. The Morgan fingerprint density at radius 1 is 1.17 bits per heavy atom. The molecular weight excluding hydrogens is 397 g/mol. The van der Waals surface area contributed by atoms with E-state index < -0.39 is 5.82 Å². The molecule has 1 N–H and O–H groups in total. The highest BCUT2D eigenvalue weighted by Crippen LogP contribution is 2.69. The molecule has 3 saturated carbocycles. The molecule has 3 fully saturated rings. The third-order valence-electron chi connectivity index (χ3n) is 5.75. The lowest BCUT2D eigenvalue weighted by Gasteiger charge is -2.70. The standard InChI is InChI=1S/C22H21ClFNO4/c1-28-19-5-3-2-4-15(19)18(26)9-21-11-22(12-21,13-21)25-20(27)10-29-14-6-7-16(23)17(24)8-14/h2-8H,9-13H2,1H3,(H,25,27). The Morgan fingerprint density at radius 3 is 2.59 bits per heavy atom. The van der Waals surface area contributed by atoms with Crippen molar-refractivity contribution in [3.05, 3.63) is 58.9 Å². The van der Waals surface area contributed by atoms with Crippen molar-refractivity contribution in [2.75, 3.05) is 13.7 Å². The van der Waals surface area contributed by atoms with Gasteiger partial charge in [-0.3, -0.25) is 9.59 Å². The summed E-state index contributed by atoms with van der Waals surface area (Å²) in [5.41, 5.74) is 0.319. The molecule has 7 heteroatoms. The molecule has 3 aliphatic rings. The van der Waals surface area contributed by atoms with Gasteiger partial charge in [-0.1, -0.05) is 23.7 Å². The molecule has 2 bridgehead atoms. The topological polar surface area (TPSA) is 64.6 Å². The van der Waals surface area contributed by atoms with Gasteiger partial charge in [0.15, 0.2) is 12.4 Å². The summed E-state index contributed by atoms with van der Waals surface area (Å²) in [4.78, 5) is 24.9. The molecule has 0 heterocycles. The fourth-order valence-electron chi connectivity index (χ4n) is 4.68. The predicted molar refractivity (Wildman–Crippen MR) is 106 cm³/mol. The quantitative estimate of drug-likeness (QED) is 0.654. The SMILES string of the molecule is COc1ccccc1C(=O)CC12CC(NC(=O)COc3ccc(Cl)c(F)c3)(C1)C2. The third-order valence-corrected chi connectivity index (χ3v) is 6.06. The van der Waals surface area contributed by atoms with Gasteiger partial charge in [-0.25, -0.2) is 4.39 Å². The molecule has 152 valence electrons. The Morgan fingerprint density at radius 2 is 1.90 bits per heavy atom. The van der Waals surface area contributed by atoms with Crippen LogP contribution in [0.4, 0.5) is 4.39 Å². The number of nitrogens with one attached hydrogen (secondary N) is 1. The zero-order chi connectivity index (χ0) is 20.6. The Kier molecular flexibility index (Phi) is 4.99. The van der Waals surface area contributed by atoms with Crippen molar-refractivity contribution >= 4 is 23.3 Å². The summed E-state index contributed by atoms with van der Waals surface area (Å²) in [7, 11) is 1.55. The Bertz CT molecular complexity index is 957. The fourth-order valence-corrected chi connectivity index (χ4v) is 4.79. The number of ether oxygens (including phenoxy) is 2. The normalized spacial score (nSPS) is 24.1. The van der Waals surface area contributed by atoms with Crippen LogP contribution < -0.4 is 14.8 Å².